The number of carbonyl (C=O) groups is 1. The van der Waals surface area contributed by atoms with Gasteiger partial charge in [0.2, 0.25) is 5.91 Å². The molecule has 3 rings (SSSR count). The number of nitrogens with one attached hydrogen (secondary N) is 2. The Morgan fingerprint density at radius 2 is 1.92 bits per heavy atom. The summed E-state index contributed by atoms with van der Waals surface area (Å²) in [5.74, 6) is -1.17. The smallest absolute Gasteiger partial charge is 0.252 e. The van der Waals surface area contributed by atoms with Gasteiger partial charge in [-0.25, -0.2) is 8.42 Å². The van der Waals surface area contributed by atoms with Gasteiger partial charge in [-0.05, 0) is 37.6 Å². The molecule has 1 aromatic heterocycles. The third-order valence-corrected chi connectivity index (χ3v) is 10.3. The molecule has 2 N–H and O–H groups in total. The molecule has 10 heteroatoms. The molecule has 36 heavy (non-hydrogen) atoms. The number of nitrogens with zero attached hydrogens (tertiary/aromatic N) is 1. The Kier molecular flexibility index (Phi) is 11.1. The van der Waals surface area contributed by atoms with Crippen LogP contribution in [0.25, 0.3) is 0 Å². The predicted octanol–water partition coefficient (Wildman–Crippen LogP) is 3.95. The molecule has 0 radical (unpaired) electrons. The Morgan fingerprint density at radius 3 is 2.67 bits per heavy atom. The summed E-state index contributed by atoms with van der Waals surface area (Å²) in [4.78, 5) is 13.4. The molecule has 0 saturated carbocycles. The summed E-state index contributed by atoms with van der Waals surface area (Å²) in [6.45, 7) is 4.46. The van der Waals surface area contributed by atoms with Crippen LogP contribution in [0.1, 0.15) is 63.2 Å². The van der Waals surface area contributed by atoms with Gasteiger partial charge in [-0.2, -0.15) is 4.31 Å². The van der Waals surface area contributed by atoms with Crippen molar-refractivity contribution in [3.63, 3.8) is 0 Å². The number of unbranched alkanes of at least 4 members (excludes halogenated alkanes) is 5. The predicted molar refractivity (Wildman–Crippen MR) is 143 cm³/mol. The number of allylic oxidation sites excluding steroid dienone is 2. The maximum Gasteiger partial charge on any atom is 0.252 e. The van der Waals surface area contributed by atoms with Crippen molar-refractivity contribution in [2.24, 2.45) is 0 Å². The number of amides is 1. The summed E-state index contributed by atoms with van der Waals surface area (Å²) in [7, 11) is -0.456. The van der Waals surface area contributed by atoms with Crippen LogP contribution in [0.15, 0.2) is 40.1 Å². The lowest BCUT2D eigenvalue weighted by Crippen LogP contribution is -2.36. The number of rotatable bonds is 15. The summed E-state index contributed by atoms with van der Waals surface area (Å²) in [6, 6.07) is 3.62. The molecule has 0 aromatic carbocycles. The number of hydrogen-bond donors (Lipinski definition) is 2. The van der Waals surface area contributed by atoms with Crippen molar-refractivity contribution in [3.05, 3.63) is 40.8 Å². The molecule has 0 spiro atoms. The van der Waals surface area contributed by atoms with Gasteiger partial charge in [0.25, 0.3) is 10.0 Å². The second-order valence-electron chi connectivity index (χ2n) is 9.42. The summed E-state index contributed by atoms with van der Waals surface area (Å²) in [5, 5.41) is 6.41. The van der Waals surface area contributed by atoms with Crippen molar-refractivity contribution < 1.29 is 22.7 Å². The summed E-state index contributed by atoms with van der Waals surface area (Å²) >= 11 is 1.21. The molecule has 1 amide bonds. The SMILES string of the molecule is CCCCCCCCNC1CCN(S(=O)(=O)c2ccc(CNC(=O)C3=CC=CC(OC)(OC)C3)s2)C1. The lowest BCUT2D eigenvalue weighted by atomic mass is 9.98. The molecule has 1 fully saturated rings. The Balaban J connectivity index is 1.45. The van der Waals surface area contributed by atoms with E-state index in [4.69, 9.17) is 9.47 Å². The van der Waals surface area contributed by atoms with E-state index in [1.807, 2.05) is 0 Å². The fourth-order valence-electron chi connectivity index (χ4n) is 4.54. The number of ether oxygens (including phenoxy) is 2. The van der Waals surface area contributed by atoms with Gasteiger partial charge in [0.05, 0.1) is 6.54 Å². The van der Waals surface area contributed by atoms with Gasteiger partial charge in [-0.15, -0.1) is 11.3 Å². The number of hydrogen-bond acceptors (Lipinski definition) is 7. The molecule has 1 saturated heterocycles. The maximum atomic E-state index is 13.2. The summed E-state index contributed by atoms with van der Waals surface area (Å²) in [6.07, 6.45) is 13.9. The van der Waals surface area contributed by atoms with Crippen LogP contribution in [0.4, 0.5) is 0 Å². The fraction of sp³-hybridized carbons (Fsp3) is 0.654. The molecule has 8 nitrogen and oxygen atoms in total. The van der Waals surface area contributed by atoms with Crippen LogP contribution in [0.2, 0.25) is 0 Å². The Labute approximate surface area is 220 Å². The topological polar surface area (TPSA) is 97.0 Å². The first kappa shape index (κ1) is 29.0. The molecular weight excluding hydrogens is 498 g/mol. The van der Waals surface area contributed by atoms with Gasteiger partial charge < -0.3 is 20.1 Å². The van der Waals surface area contributed by atoms with Gasteiger partial charge >= 0.3 is 0 Å². The highest BCUT2D eigenvalue weighted by Crippen LogP contribution is 2.29. The third kappa shape index (κ3) is 7.72. The van der Waals surface area contributed by atoms with E-state index in [1.165, 1.54) is 57.7 Å². The zero-order valence-corrected chi connectivity index (χ0v) is 23.4. The van der Waals surface area contributed by atoms with Crippen LogP contribution in [-0.4, -0.2) is 64.3 Å². The molecule has 2 aliphatic rings. The van der Waals surface area contributed by atoms with Gasteiger partial charge in [0, 0.05) is 50.2 Å². The molecule has 1 aromatic rings. The van der Waals surface area contributed by atoms with Gasteiger partial charge in [0.15, 0.2) is 5.79 Å². The standard InChI is InChI=1S/C26H41N3O5S2/c1-4-5-6-7-8-9-16-27-22-14-17-29(20-22)36(31,32)24-13-12-23(35-24)19-28-25(30)21-11-10-15-26(18-21,33-2)34-3/h10-13,15,22,27H,4-9,14,16-20H2,1-3H3,(H,28,30). The van der Waals surface area contributed by atoms with Crippen LogP contribution in [0, 0.1) is 0 Å². The van der Waals surface area contributed by atoms with Crippen molar-refractivity contribution >= 4 is 27.3 Å². The van der Waals surface area contributed by atoms with Gasteiger partial charge in [-0.1, -0.05) is 51.2 Å². The van der Waals surface area contributed by atoms with Gasteiger partial charge in [0.1, 0.15) is 4.21 Å². The van der Waals surface area contributed by atoms with E-state index in [9.17, 15) is 13.2 Å². The monoisotopic (exact) mass is 539 g/mol. The van der Waals surface area contributed by atoms with E-state index in [-0.39, 0.29) is 18.5 Å². The highest BCUT2D eigenvalue weighted by Gasteiger charge is 2.34. The number of thiophene rings is 1. The van der Waals surface area contributed by atoms with Crippen LogP contribution in [-0.2, 0) is 30.8 Å². The van der Waals surface area contributed by atoms with Gasteiger partial charge in [-0.3, -0.25) is 4.79 Å². The van der Waals surface area contributed by atoms with Crippen molar-refractivity contribution in [2.75, 3.05) is 33.9 Å². The zero-order chi connectivity index (χ0) is 26.0. The van der Waals surface area contributed by atoms with E-state index in [1.54, 1.807) is 34.7 Å². The first-order chi connectivity index (χ1) is 17.3. The van der Waals surface area contributed by atoms with Crippen molar-refractivity contribution in [2.45, 2.75) is 80.9 Å². The van der Waals surface area contributed by atoms with E-state index >= 15 is 0 Å². The second kappa shape index (κ2) is 13.8. The Hall–Kier alpha value is -1.56. The highest BCUT2D eigenvalue weighted by atomic mass is 32.2. The summed E-state index contributed by atoms with van der Waals surface area (Å²) in [5.41, 5.74) is 0.544. The average molecular weight is 540 g/mol. The zero-order valence-electron chi connectivity index (χ0n) is 21.8. The highest BCUT2D eigenvalue weighted by molar-refractivity contribution is 7.91. The minimum absolute atomic E-state index is 0.207. The quantitative estimate of drug-likeness (QED) is 0.259. The third-order valence-electron chi connectivity index (χ3n) is 6.84. The molecule has 1 aliphatic carbocycles. The molecule has 1 atom stereocenters. The lowest BCUT2D eigenvalue weighted by molar-refractivity contribution is -0.170. The van der Waals surface area contributed by atoms with Crippen LogP contribution >= 0.6 is 11.3 Å². The van der Waals surface area contributed by atoms with Crippen molar-refractivity contribution in [3.8, 4) is 0 Å². The van der Waals surface area contributed by atoms with Crippen LogP contribution in [0.3, 0.4) is 0 Å². The average Bonchev–Trinajstić information content (AvgIpc) is 3.57. The molecule has 202 valence electrons. The summed E-state index contributed by atoms with van der Waals surface area (Å²) < 4.78 is 39.1. The second-order valence-corrected chi connectivity index (χ2v) is 12.8. The normalized spacial score (nSPS) is 20.0. The Morgan fingerprint density at radius 1 is 1.17 bits per heavy atom. The van der Waals surface area contributed by atoms with E-state index < -0.39 is 15.8 Å². The lowest BCUT2D eigenvalue weighted by Gasteiger charge is -2.30. The molecule has 1 aliphatic heterocycles. The molecule has 1 unspecified atom stereocenters. The van der Waals surface area contributed by atoms with Crippen LogP contribution in [0.5, 0.6) is 0 Å². The van der Waals surface area contributed by atoms with Crippen molar-refractivity contribution in [1.82, 2.24) is 14.9 Å². The largest absolute Gasteiger partial charge is 0.349 e. The van der Waals surface area contributed by atoms with Crippen molar-refractivity contribution in [1.29, 1.82) is 0 Å². The Bertz CT molecular complexity index is 1010. The minimum Gasteiger partial charge on any atom is -0.349 e. The molecule has 2 heterocycles. The van der Waals surface area contributed by atoms with E-state index in [0.717, 1.165) is 24.3 Å². The number of sulfonamides is 1. The van der Waals surface area contributed by atoms with E-state index in [2.05, 4.69) is 17.6 Å². The number of carbonyl (C=O) groups excluding carboxylic acids is 1. The fourth-order valence-corrected chi connectivity index (χ4v) is 7.49. The minimum atomic E-state index is -3.53. The first-order valence-electron chi connectivity index (χ1n) is 12.9. The number of methoxy groups -OCH3 is 2. The maximum absolute atomic E-state index is 13.2. The first-order valence-corrected chi connectivity index (χ1v) is 15.2. The molecule has 0 bridgehead atoms. The van der Waals surface area contributed by atoms with Crippen LogP contribution < -0.4 is 10.6 Å². The van der Waals surface area contributed by atoms with E-state index in [0.29, 0.717) is 29.3 Å². The molecular formula is C26H41N3O5S2.